The van der Waals surface area contributed by atoms with E-state index in [1.165, 1.54) is 12.1 Å². The Morgan fingerprint density at radius 1 is 1.05 bits per heavy atom. The van der Waals surface area contributed by atoms with Crippen molar-refractivity contribution < 1.29 is 9.13 Å². The van der Waals surface area contributed by atoms with Gasteiger partial charge >= 0.3 is 0 Å². The van der Waals surface area contributed by atoms with Crippen LogP contribution in [0.5, 0.6) is 5.75 Å². The molecule has 0 amide bonds. The van der Waals surface area contributed by atoms with Crippen molar-refractivity contribution in [3.63, 3.8) is 0 Å². The molecule has 0 aliphatic rings. The minimum Gasteiger partial charge on any atom is -0.492 e. The lowest BCUT2D eigenvalue weighted by atomic mass is 10.3. The average molecular weight is 256 g/mol. The molecule has 0 saturated carbocycles. The molecular formula is C15H13FN2O. The Bertz CT molecular complexity index is 676. The highest BCUT2D eigenvalue weighted by molar-refractivity contribution is 5.74. The van der Waals surface area contributed by atoms with Gasteiger partial charge in [0.05, 0.1) is 23.9 Å². The van der Waals surface area contributed by atoms with Crippen LogP contribution >= 0.6 is 0 Å². The van der Waals surface area contributed by atoms with Crippen LogP contribution in [0.4, 0.5) is 4.39 Å². The maximum absolute atomic E-state index is 12.7. The number of ether oxygens (including phenoxy) is 1. The summed E-state index contributed by atoms with van der Waals surface area (Å²) in [7, 11) is 0. The van der Waals surface area contributed by atoms with Crippen LogP contribution in [0.15, 0.2) is 54.9 Å². The minimum absolute atomic E-state index is 0.257. The minimum atomic E-state index is -0.257. The fourth-order valence-electron chi connectivity index (χ4n) is 1.98. The van der Waals surface area contributed by atoms with Gasteiger partial charge in [-0.05, 0) is 36.4 Å². The molecule has 0 saturated heterocycles. The Balaban J connectivity index is 1.65. The molecule has 3 rings (SSSR count). The van der Waals surface area contributed by atoms with E-state index in [1.807, 2.05) is 28.8 Å². The summed E-state index contributed by atoms with van der Waals surface area (Å²) in [6.07, 6.45) is 1.80. The van der Waals surface area contributed by atoms with Gasteiger partial charge in [0.15, 0.2) is 0 Å². The van der Waals surface area contributed by atoms with Crippen LogP contribution in [0.1, 0.15) is 0 Å². The molecule has 3 aromatic rings. The number of rotatable bonds is 4. The lowest BCUT2D eigenvalue weighted by Crippen LogP contribution is -2.07. The SMILES string of the molecule is Fc1ccc(OCCn2cnc3ccccc32)cc1. The topological polar surface area (TPSA) is 27.1 Å². The van der Waals surface area contributed by atoms with Crippen LogP contribution < -0.4 is 4.74 Å². The van der Waals surface area contributed by atoms with E-state index in [0.717, 1.165) is 11.0 Å². The number of nitrogens with zero attached hydrogens (tertiary/aromatic N) is 2. The largest absolute Gasteiger partial charge is 0.492 e. The molecule has 0 radical (unpaired) electrons. The van der Waals surface area contributed by atoms with Crippen molar-refractivity contribution >= 4 is 11.0 Å². The first-order valence-corrected chi connectivity index (χ1v) is 6.11. The van der Waals surface area contributed by atoms with E-state index in [4.69, 9.17) is 4.74 Å². The zero-order chi connectivity index (χ0) is 13.1. The zero-order valence-corrected chi connectivity index (χ0v) is 10.3. The van der Waals surface area contributed by atoms with Crippen LogP contribution in [0.2, 0.25) is 0 Å². The number of fused-ring (bicyclic) bond motifs is 1. The third kappa shape index (κ3) is 2.57. The molecule has 0 aliphatic carbocycles. The molecule has 1 aromatic heterocycles. The molecule has 0 unspecified atom stereocenters. The second-order valence-electron chi connectivity index (χ2n) is 4.23. The van der Waals surface area contributed by atoms with Gasteiger partial charge in [0, 0.05) is 0 Å². The number of benzene rings is 2. The second-order valence-corrected chi connectivity index (χ2v) is 4.23. The Morgan fingerprint density at radius 2 is 1.84 bits per heavy atom. The summed E-state index contributed by atoms with van der Waals surface area (Å²) in [6.45, 7) is 1.23. The number of halogens is 1. The van der Waals surface area contributed by atoms with Gasteiger partial charge in [-0.15, -0.1) is 0 Å². The molecule has 3 nitrogen and oxygen atoms in total. The monoisotopic (exact) mass is 256 g/mol. The highest BCUT2D eigenvalue weighted by atomic mass is 19.1. The van der Waals surface area contributed by atoms with Crippen molar-refractivity contribution in [1.29, 1.82) is 0 Å². The van der Waals surface area contributed by atoms with Crippen LogP contribution in [0.3, 0.4) is 0 Å². The smallest absolute Gasteiger partial charge is 0.123 e. The van der Waals surface area contributed by atoms with E-state index in [1.54, 1.807) is 18.5 Å². The van der Waals surface area contributed by atoms with Crippen molar-refractivity contribution in [2.45, 2.75) is 6.54 Å². The quantitative estimate of drug-likeness (QED) is 0.716. The molecule has 19 heavy (non-hydrogen) atoms. The van der Waals surface area contributed by atoms with Gasteiger partial charge in [-0.25, -0.2) is 9.37 Å². The van der Waals surface area contributed by atoms with Crippen molar-refractivity contribution in [3.8, 4) is 5.75 Å². The van der Waals surface area contributed by atoms with E-state index < -0.39 is 0 Å². The molecule has 1 heterocycles. The van der Waals surface area contributed by atoms with Crippen LogP contribution in [0, 0.1) is 5.82 Å². The van der Waals surface area contributed by atoms with Crippen LogP contribution in [-0.2, 0) is 6.54 Å². The van der Waals surface area contributed by atoms with E-state index in [-0.39, 0.29) is 5.82 Å². The van der Waals surface area contributed by atoms with Crippen molar-refractivity contribution in [2.75, 3.05) is 6.61 Å². The molecule has 0 N–H and O–H groups in total. The molecule has 0 spiro atoms. The van der Waals surface area contributed by atoms with Crippen molar-refractivity contribution in [1.82, 2.24) is 9.55 Å². The molecule has 2 aromatic carbocycles. The zero-order valence-electron chi connectivity index (χ0n) is 10.3. The van der Waals surface area contributed by atoms with E-state index in [0.29, 0.717) is 18.9 Å². The molecule has 0 bridgehead atoms. The third-order valence-electron chi connectivity index (χ3n) is 2.94. The Kier molecular flexibility index (Phi) is 3.14. The summed E-state index contributed by atoms with van der Waals surface area (Å²) < 4.78 is 20.3. The van der Waals surface area contributed by atoms with E-state index >= 15 is 0 Å². The van der Waals surface area contributed by atoms with Crippen LogP contribution in [0.25, 0.3) is 11.0 Å². The summed E-state index contributed by atoms with van der Waals surface area (Å²) in [6, 6.07) is 14.0. The predicted molar refractivity (Wildman–Crippen MR) is 71.6 cm³/mol. The number of hydrogen-bond donors (Lipinski definition) is 0. The van der Waals surface area contributed by atoms with Gasteiger partial charge in [0.2, 0.25) is 0 Å². The Hall–Kier alpha value is -2.36. The number of hydrogen-bond acceptors (Lipinski definition) is 2. The maximum Gasteiger partial charge on any atom is 0.123 e. The van der Waals surface area contributed by atoms with Gasteiger partial charge in [-0.1, -0.05) is 12.1 Å². The summed E-state index contributed by atoms with van der Waals surface area (Å²) in [4.78, 5) is 4.31. The van der Waals surface area contributed by atoms with Crippen molar-refractivity contribution in [3.05, 3.63) is 60.7 Å². The normalized spacial score (nSPS) is 10.8. The van der Waals surface area contributed by atoms with E-state index in [2.05, 4.69) is 4.98 Å². The maximum atomic E-state index is 12.7. The summed E-state index contributed by atoms with van der Waals surface area (Å²) >= 11 is 0. The molecule has 0 atom stereocenters. The first-order valence-electron chi connectivity index (χ1n) is 6.11. The molecular weight excluding hydrogens is 243 g/mol. The number of aromatic nitrogens is 2. The first kappa shape index (κ1) is 11.7. The van der Waals surface area contributed by atoms with Gasteiger partial charge < -0.3 is 9.30 Å². The number of para-hydroxylation sites is 2. The molecule has 4 heteroatoms. The van der Waals surface area contributed by atoms with Gasteiger partial charge in [0.1, 0.15) is 18.2 Å². The van der Waals surface area contributed by atoms with Gasteiger partial charge in [0.25, 0.3) is 0 Å². The summed E-state index contributed by atoms with van der Waals surface area (Å²) in [5, 5.41) is 0. The molecule has 0 fully saturated rings. The lowest BCUT2D eigenvalue weighted by molar-refractivity contribution is 0.299. The highest BCUT2D eigenvalue weighted by Crippen LogP contribution is 2.13. The second kappa shape index (κ2) is 5.10. The fourth-order valence-corrected chi connectivity index (χ4v) is 1.98. The molecule has 0 aliphatic heterocycles. The van der Waals surface area contributed by atoms with Gasteiger partial charge in [-0.2, -0.15) is 0 Å². The summed E-state index contributed by atoms with van der Waals surface area (Å²) in [5.41, 5.74) is 2.06. The van der Waals surface area contributed by atoms with Crippen LogP contribution in [-0.4, -0.2) is 16.2 Å². The Morgan fingerprint density at radius 3 is 2.68 bits per heavy atom. The van der Waals surface area contributed by atoms with Gasteiger partial charge in [-0.3, -0.25) is 0 Å². The number of imidazole rings is 1. The lowest BCUT2D eigenvalue weighted by Gasteiger charge is -2.07. The third-order valence-corrected chi connectivity index (χ3v) is 2.94. The highest BCUT2D eigenvalue weighted by Gasteiger charge is 2.01. The van der Waals surface area contributed by atoms with Crippen molar-refractivity contribution in [2.24, 2.45) is 0 Å². The first-order chi connectivity index (χ1) is 9.33. The average Bonchev–Trinajstić information content (AvgIpc) is 2.85. The molecule has 96 valence electrons. The fraction of sp³-hybridized carbons (Fsp3) is 0.133. The Labute approximate surface area is 110 Å². The standard InChI is InChI=1S/C15H13FN2O/c16-12-5-7-13(8-6-12)19-10-9-18-11-17-14-3-1-2-4-15(14)18/h1-8,11H,9-10H2. The summed E-state index contributed by atoms with van der Waals surface area (Å²) in [5.74, 6) is 0.416. The predicted octanol–water partition coefficient (Wildman–Crippen LogP) is 3.25. The van der Waals surface area contributed by atoms with E-state index in [9.17, 15) is 4.39 Å².